The monoisotopic (exact) mass is 538 g/mol. The summed E-state index contributed by atoms with van der Waals surface area (Å²) >= 11 is 7.44. The number of hydrogen-bond donors (Lipinski definition) is 3. The summed E-state index contributed by atoms with van der Waals surface area (Å²) < 4.78 is 34.6. The highest BCUT2D eigenvalue weighted by molar-refractivity contribution is 8.01. The van der Waals surface area contributed by atoms with E-state index in [2.05, 4.69) is 10.6 Å². The predicted octanol–water partition coefficient (Wildman–Crippen LogP) is 4.20. The Morgan fingerprint density at radius 1 is 1.03 bits per heavy atom. The SMILES string of the molecule is O=C(NCCNC(=O)C1Cc2cc(Cl)ccc2S1)c1ccc(OC2CCC(C(=O)O)CC2)c(F)c1F. The van der Waals surface area contributed by atoms with Crippen molar-refractivity contribution < 1.29 is 33.0 Å². The van der Waals surface area contributed by atoms with Crippen LogP contribution in [0.15, 0.2) is 35.2 Å². The van der Waals surface area contributed by atoms with Crippen LogP contribution in [0, 0.1) is 17.6 Å². The number of thioether (sulfide) groups is 1. The highest BCUT2D eigenvalue weighted by atomic mass is 35.5. The van der Waals surface area contributed by atoms with Crippen molar-refractivity contribution in [1.82, 2.24) is 10.6 Å². The average Bonchev–Trinajstić information content (AvgIpc) is 3.28. The summed E-state index contributed by atoms with van der Waals surface area (Å²) in [7, 11) is 0. The van der Waals surface area contributed by atoms with Crippen molar-refractivity contribution in [1.29, 1.82) is 0 Å². The molecule has 3 N–H and O–H groups in total. The molecule has 0 radical (unpaired) electrons. The molecule has 1 unspecified atom stereocenters. The average molecular weight is 539 g/mol. The number of aliphatic carboxylic acids is 1. The minimum absolute atomic E-state index is 0.0346. The lowest BCUT2D eigenvalue weighted by Crippen LogP contribution is -2.38. The van der Waals surface area contributed by atoms with Gasteiger partial charge in [0.15, 0.2) is 11.6 Å². The summed E-state index contributed by atoms with van der Waals surface area (Å²) in [5, 5.41) is 14.6. The van der Waals surface area contributed by atoms with Gasteiger partial charge in [-0.3, -0.25) is 14.4 Å². The Morgan fingerprint density at radius 2 is 1.75 bits per heavy atom. The highest BCUT2D eigenvalue weighted by Gasteiger charge is 2.29. The molecule has 1 atom stereocenters. The molecule has 1 aliphatic heterocycles. The maximum absolute atomic E-state index is 14.6. The zero-order chi connectivity index (χ0) is 25.8. The molecule has 1 heterocycles. The number of carbonyl (C=O) groups is 3. The second-order valence-corrected chi connectivity index (χ2v) is 10.5. The summed E-state index contributed by atoms with van der Waals surface area (Å²) in [5.74, 6) is -5.22. The molecule has 1 saturated carbocycles. The molecule has 0 spiro atoms. The van der Waals surface area contributed by atoms with Gasteiger partial charge < -0.3 is 20.5 Å². The van der Waals surface area contributed by atoms with Gasteiger partial charge in [-0.05, 0) is 68.0 Å². The number of halogens is 3. The lowest BCUT2D eigenvalue weighted by Gasteiger charge is -2.27. The van der Waals surface area contributed by atoms with Crippen LogP contribution in [0.3, 0.4) is 0 Å². The van der Waals surface area contributed by atoms with E-state index in [4.69, 9.17) is 21.4 Å². The molecule has 36 heavy (non-hydrogen) atoms. The molecule has 0 saturated heterocycles. The predicted molar refractivity (Wildman–Crippen MR) is 131 cm³/mol. The number of benzene rings is 2. The van der Waals surface area contributed by atoms with Crippen molar-refractivity contribution in [3.63, 3.8) is 0 Å². The molecule has 2 amide bonds. The Balaban J connectivity index is 1.23. The quantitative estimate of drug-likeness (QED) is 0.435. The Hall–Kier alpha value is -2.85. The lowest BCUT2D eigenvalue weighted by molar-refractivity contribution is -0.143. The number of fused-ring (bicyclic) bond motifs is 1. The third-order valence-electron chi connectivity index (χ3n) is 6.31. The van der Waals surface area contributed by atoms with Crippen LogP contribution in [0.25, 0.3) is 0 Å². The van der Waals surface area contributed by atoms with Crippen LogP contribution in [-0.2, 0) is 16.0 Å². The van der Waals surface area contributed by atoms with Crippen molar-refractivity contribution in [3.8, 4) is 5.75 Å². The first kappa shape index (κ1) is 26.2. The summed E-state index contributed by atoms with van der Waals surface area (Å²) in [5.41, 5.74) is 0.540. The van der Waals surface area contributed by atoms with Gasteiger partial charge in [-0.25, -0.2) is 4.39 Å². The van der Waals surface area contributed by atoms with E-state index in [0.717, 1.165) is 16.5 Å². The van der Waals surface area contributed by atoms with Crippen LogP contribution in [0.1, 0.15) is 41.6 Å². The number of carboxylic acids is 1. The van der Waals surface area contributed by atoms with E-state index in [-0.39, 0.29) is 30.0 Å². The number of amides is 2. The van der Waals surface area contributed by atoms with Gasteiger partial charge in [0.05, 0.1) is 22.8 Å². The molecular formula is C25H25ClF2N2O5S. The minimum atomic E-state index is -1.33. The number of carboxylic acid groups (broad SMARTS) is 1. The third kappa shape index (κ3) is 6.10. The first-order valence-corrected chi connectivity index (χ1v) is 12.9. The molecule has 2 aromatic rings. The zero-order valence-electron chi connectivity index (χ0n) is 19.2. The Bertz CT molecular complexity index is 1170. The topological polar surface area (TPSA) is 105 Å². The molecule has 1 fully saturated rings. The number of nitrogens with one attached hydrogen (secondary N) is 2. The van der Waals surface area contributed by atoms with E-state index < -0.39 is 41.1 Å². The van der Waals surface area contributed by atoms with Gasteiger partial charge in [-0.15, -0.1) is 11.8 Å². The van der Waals surface area contributed by atoms with E-state index in [1.165, 1.54) is 17.8 Å². The van der Waals surface area contributed by atoms with E-state index in [9.17, 15) is 23.2 Å². The number of rotatable bonds is 8. The molecule has 1 aliphatic carbocycles. The fourth-order valence-corrected chi connectivity index (χ4v) is 5.73. The molecule has 2 aliphatic rings. The molecule has 2 aromatic carbocycles. The van der Waals surface area contributed by atoms with Crippen LogP contribution in [0.4, 0.5) is 8.78 Å². The largest absolute Gasteiger partial charge is 0.487 e. The van der Waals surface area contributed by atoms with Gasteiger partial charge >= 0.3 is 5.97 Å². The molecule has 0 aromatic heterocycles. The molecule has 4 rings (SSSR count). The summed E-state index contributed by atoms with van der Waals surface area (Å²) in [4.78, 5) is 36.8. The highest BCUT2D eigenvalue weighted by Crippen LogP contribution is 2.38. The van der Waals surface area contributed by atoms with Gasteiger partial charge in [-0.2, -0.15) is 4.39 Å². The van der Waals surface area contributed by atoms with Gasteiger partial charge in [0, 0.05) is 23.0 Å². The normalized spacial score (nSPS) is 20.9. The van der Waals surface area contributed by atoms with Crippen LogP contribution < -0.4 is 15.4 Å². The van der Waals surface area contributed by atoms with Gasteiger partial charge in [-0.1, -0.05) is 11.6 Å². The van der Waals surface area contributed by atoms with Crippen LogP contribution in [0.2, 0.25) is 5.02 Å². The van der Waals surface area contributed by atoms with Crippen molar-refractivity contribution in [3.05, 3.63) is 58.1 Å². The maximum Gasteiger partial charge on any atom is 0.306 e. The van der Waals surface area contributed by atoms with Gasteiger partial charge in [0.2, 0.25) is 11.7 Å². The Morgan fingerprint density at radius 3 is 2.47 bits per heavy atom. The minimum Gasteiger partial charge on any atom is -0.487 e. The first-order valence-electron chi connectivity index (χ1n) is 11.6. The van der Waals surface area contributed by atoms with Gasteiger partial charge in [0.1, 0.15) is 0 Å². The van der Waals surface area contributed by atoms with Crippen molar-refractivity contribution in [2.75, 3.05) is 13.1 Å². The Kier molecular flexibility index (Phi) is 8.35. The van der Waals surface area contributed by atoms with Crippen LogP contribution in [-0.4, -0.2) is 47.3 Å². The molecule has 0 bridgehead atoms. The zero-order valence-corrected chi connectivity index (χ0v) is 20.8. The molecule has 7 nitrogen and oxygen atoms in total. The lowest BCUT2D eigenvalue weighted by atomic mass is 9.87. The maximum atomic E-state index is 14.6. The van der Waals surface area contributed by atoms with Crippen LogP contribution in [0.5, 0.6) is 5.75 Å². The van der Waals surface area contributed by atoms with E-state index >= 15 is 0 Å². The summed E-state index contributed by atoms with van der Waals surface area (Å²) in [6, 6.07) is 7.83. The number of ether oxygens (including phenoxy) is 1. The molecular weight excluding hydrogens is 514 g/mol. The number of hydrogen-bond acceptors (Lipinski definition) is 5. The summed E-state index contributed by atoms with van der Waals surface area (Å²) in [6.45, 7) is 0.163. The van der Waals surface area contributed by atoms with Crippen molar-refractivity contribution >= 4 is 41.1 Å². The first-order chi connectivity index (χ1) is 17.2. The van der Waals surface area contributed by atoms with E-state index in [1.54, 1.807) is 6.07 Å². The fourth-order valence-electron chi connectivity index (χ4n) is 4.34. The fraction of sp³-hybridized carbons (Fsp3) is 0.400. The standard InChI is InChI=1S/C25H25ClF2N2O5S/c26-15-3-8-19-14(11-15)12-20(36-19)24(32)30-10-9-29-23(31)17-6-7-18(22(28)21(17)27)35-16-4-1-13(2-5-16)25(33)34/h3,6-8,11,13,16,20H,1-2,4-5,9-10,12H2,(H,29,31)(H,30,32)(H,33,34). The van der Waals surface area contributed by atoms with Crippen LogP contribution >= 0.6 is 23.4 Å². The molecule has 11 heteroatoms. The molecule has 192 valence electrons. The second kappa shape index (κ2) is 11.5. The van der Waals surface area contributed by atoms with E-state index in [0.29, 0.717) is 37.1 Å². The van der Waals surface area contributed by atoms with E-state index in [1.807, 2.05) is 12.1 Å². The van der Waals surface area contributed by atoms with Crippen molar-refractivity contribution in [2.24, 2.45) is 5.92 Å². The third-order valence-corrected chi connectivity index (χ3v) is 7.86. The number of carbonyl (C=O) groups excluding carboxylic acids is 2. The summed E-state index contributed by atoms with van der Waals surface area (Å²) in [6.07, 6.45) is 1.79. The van der Waals surface area contributed by atoms with Gasteiger partial charge in [0.25, 0.3) is 5.91 Å². The smallest absolute Gasteiger partial charge is 0.306 e. The Labute approximate surface area is 215 Å². The second-order valence-electron chi connectivity index (χ2n) is 8.78. The van der Waals surface area contributed by atoms with Crippen molar-refractivity contribution in [2.45, 2.75) is 48.4 Å².